The largest absolute Gasteiger partial charge is 0.480 e. The zero-order valence-corrected chi connectivity index (χ0v) is 16.4. The quantitative estimate of drug-likeness (QED) is 0.437. The third-order valence-electron chi connectivity index (χ3n) is 3.63. The van der Waals surface area contributed by atoms with E-state index in [1.54, 1.807) is 0 Å². The molecule has 0 bridgehead atoms. The second kappa shape index (κ2) is 14.7. The molecule has 1 aromatic carbocycles. The summed E-state index contributed by atoms with van der Waals surface area (Å²) in [6, 6.07) is 9.47. The average Bonchev–Trinajstić information content (AvgIpc) is 2.60. The van der Waals surface area contributed by atoms with Crippen molar-refractivity contribution in [2.45, 2.75) is 58.5 Å². The summed E-state index contributed by atoms with van der Waals surface area (Å²) >= 11 is 0. The Labute approximate surface area is 161 Å². The van der Waals surface area contributed by atoms with Gasteiger partial charge in [-0.25, -0.2) is 4.79 Å². The molecule has 0 heterocycles. The highest BCUT2D eigenvalue weighted by atomic mass is 16.4. The van der Waals surface area contributed by atoms with Crippen LogP contribution in [0.15, 0.2) is 30.3 Å². The summed E-state index contributed by atoms with van der Waals surface area (Å²) < 4.78 is 0. The number of aliphatic hydroxyl groups excluding tert-OH is 1. The third kappa shape index (κ3) is 13.5. The van der Waals surface area contributed by atoms with E-state index in [1.807, 2.05) is 39.0 Å². The molecule has 7 nitrogen and oxygen atoms in total. The molecule has 7 heteroatoms. The lowest BCUT2D eigenvalue weighted by molar-refractivity contribution is -0.141. The van der Waals surface area contributed by atoms with Gasteiger partial charge >= 0.3 is 5.97 Å². The Morgan fingerprint density at radius 3 is 2.26 bits per heavy atom. The SMILES string of the molecule is CC(C)CC(NC=O)C(=O)O.CC(Cc1ccccc1)NC(=O)CCCO. The zero-order valence-electron chi connectivity index (χ0n) is 16.4. The number of rotatable bonds is 11. The van der Waals surface area contributed by atoms with Gasteiger partial charge in [0.25, 0.3) is 0 Å². The van der Waals surface area contributed by atoms with E-state index in [-0.39, 0.29) is 24.5 Å². The number of benzene rings is 1. The first-order chi connectivity index (χ1) is 12.8. The van der Waals surface area contributed by atoms with Gasteiger partial charge in [-0.05, 0) is 37.7 Å². The Hall–Kier alpha value is -2.41. The number of carboxylic acids is 1. The minimum absolute atomic E-state index is 0.0116. The number of aliphatic carboxylic acids is 1. The van der Waals surface area contributed by atoms with Crippen molar-refractivity contribution in [1.82, 2.24) is 10.6 Å². The Balaban J connectivity index is 0.000000541. The van der Waals surface area contributed by atoms with Crippen LogP contribution in [-0.4, -0.2) is 47.2 Å². The van der Waals surface area contributed by atoms with Crippen molar-refractivity contribution in [3.05, 3.63) is 35.9 Å². The van der Waals surface area contributed by atoms with Gasteiger partial charge in [0.15, 0.2) is 0 Å². The van der Waals surface area contributed by atoms with Gasteiger partial charge in [-0.3, -0.25) is 9.59 Å². The first kappa shape index (κ1) is 24.6. The minimum Gasteiger partial charge on any atom is -0.480 e. The lowest BCUT2D eigenvalue weighted by Gasteiger charge is -2.13. The molecule has 0 aliphatic heterocycles. The summed E-state index contributed by atoms with van der Waals surface area (Å²) in [4.78, 5) is 31.7. The molecule has 0 aromatic heterocycles. The monoisotopic (exact) mass is 380 g/mol. The number of carboxylic acid groups (broad SMARTS) is 1. The van der Waals surface area contributed by atoms with Crippen LogP contribution in [0, 0.1) is 5.92 Å². The molecule has 1 rings (SSSR count). The van der Waals surface area contributed by atoms with Crippen molar-refractivity contribution in [3.8, 4) is 0 Å². The van der Waals surface area contributed by atoms with Gasteiger partial charge in [-0.1, -0.05) is 44.2 Å². The van der Waals surface area contributed by atoms with Crippen LogP contribution in [0.2, 0.25) is 0 Å². The smallest absolute Gasteiger partial charge is 0.326 e. The van der Waals surface area contributed by atoms with Crippen LogP contribution in [0.25, 0.3) is 0 Å². The second-order valence-corrected chi connectivity index (χ2v) is 6.79. The number of hydrogen-bond acceptors (Lipinski definition) is 4. The van der Waals surface area contributed by atoms with Crippen molar-refractivity contribution in [3.63, 3.8) is 0 Å². The van der Waals surface area contributed by atoms with Crippen molar-refractivity contribution in [1.29, 1.82) is 0 Å². The third-order valence-corrected chi connectivity index (χ3v) is 3.63. The molecule has 0 radical (unpaired) electrons. The van der Waals surface area contributed by atoms with E-state index in [2.05, 4.69) is 22.8 Å². The number of nitrogens with one attached hydrogen (secondary N) is 2. The summed E-state index contributed by atoms with van der Waals surface area (Å²) in [5.74, 6) is -0.702. The summed E-state index contributed by atoms with van der Waals surface area (Å²) in [7, 11) is 0. The summed E-state index contributed by atoms with van der Waals surface area (Å²) in [6.45, 7) is 5.87. The molecule has 152 valence electrons. The molecule has 0 fully saturated rings. The second-order valence-electron chi connectivity index (χ2n) is 6.79. The fourth-order valence-electron chi connectivity index (χ4n) is 2.40. The normalized spacial score (nSPS) is 12.3. The predicted molar refractivity (Wildman–Crippen MR) is 104 cm³/mol. The van der Waals surface area contributed by atoms with Crippen molar-refractivity contribution >= 4 is 18.3 Å². The highest BCUT2D eigenvalue weighted by molar-refractivity contribution is 5.76. The molecule has 2 atom stereocenters. The van der Waals surface area contributed by atoms with Gasteiger partial charge in [0, 0.05) is 19.1 Å². The highest BCUT2D eigenvalue weighted by Gasteiger charge is 2.16. The minimum atomic E-state index is -0.981. The fraction of sp³-hybridized carbons (Fsp3) is 0.550. The molecule has 4 N–H and O–H groups in total. The van der Waals surface area contributed by atoms with Gasteiger partial charge in [0.2, 0.25) is 12.3 Å². The van der Waals surface area contributed by atoms with Crippen LogP contribution in [0.3, 0.4) is 0 Å². The first-order valence-electron chi connectivity index (χ1n) is 9.16. The molecule has 0 aliphatic carbocycles. The standard InChI is InChI=1S/C13H19NO2.C7H13NO3/c1-11(14-13(16)8-5-9-15)10-12-6-3-2-4-7-12;1-5(2)3-6(7(10)11)8-4-9/h2-4,6-7,11,15H,5,8-10H2,1H3,(H,14,16);4-6H,3H2,1-2H3,(H,8,9)(H,10,11). The first-order valence-corrected chi connectivity index (χ1v) is 9.16. The number of carbonyl (C=O) groups is 3. The maximum Gasteiger partial charge on any atom is 0.326 e. The van der Waals surface area contributed by atoms with E-state index < -0.39 is 12.0 Å². The topological polar surface area (TPSA) is 116 Å². The van der Waals surface area contributed by atoms with Gasteiger partial charge in [-0.15, -0.1) is 0 Å². The maximum absolute atomic E-state index is 11.4. The van der Waals surface area contributed by atoms with Crippen LogP contribution in [0.1, 0.15) is 45.6 Å². The molecule has 2 amide bonds. The van der Waals surface area contributed by atoms with Gasteiger partial charge in [-0.2, -0.15) is 0 Å². The molecule has 0 aliphatic rings. The molecular weight excluding hydrogens is 348 g/mol. The number of carbonyl (C=O) groups excluding carboxylic acids is 2. The number of amides is 2. The van der Waals surface area contributed by atoms with E-state index in [1.165, 1.54) is 5.56 Å². The maximum atomic E-state index is 11.4. The molecule has 27 heavy (non-hydrogen) atoms. The Kier molecular flexibility index (Phi) is 13.4. The highest BCUT2D eigenvalue weighted by Crippen LogP contribution is 2.04. The Morgan fingerprint density at radius 1 is 1.15 bits per heavy atom. The average molecular weight is 380 g/mol. The zero-order chi connectivity index (χ0) is 20.7. The molecule has 0 spiro atoms. The van der Waals surface area contributed by atoms with Gasteiger partial charge in [0.05, 0.1) is 0 Å². The van der Waals surface area contributed by atoms with E-state index >= 15 is 0 Å². The molecular formula is C20H32N2O5. The van der Waals surface area contributed by atoms with Crippen LogP contribution in [0.5, 0.6) is 0 Å². The summed E-state index contributed by atoms with van der Waals surface area (Å²) in [5.41, 5.74) is 1.22. The molecule has 2 unspecified atom stereocenters. The van der Waals surface area contributed by atoms with Crippen LogP contribution in [-0.2, 0) is 20.8 Å². The summed E-state index contributed by atoms with van der Waals surface area (Å²) in [6.07, 6.45) is 2.65. The van der Waals surface area contributed by atoms with Crippen LogP contribution < -0.4 is 10.6 Å². The lowest BCUT2D eigenvalue weighted by atomic mass is 10.0. The number of hydrogen-bond donors (Lipinski definition) is 4. The van der Waals surface area contributed by atoms with E-state index in [9.17, 15) is 14.4 Å². The van der Waals surface area contributed by atoms with Crippen molar-refractivity contribution < 1.29 is 24.6 Å². The van der Waals surface area contributed by atoms with E-state index in [0.717, 1.165) is 6.42 Å². The van der Waals surface area contributed by atoms with Gasteiger partial charge in [0.1, 0.15) is 6.04 Å². The number of aliphatic hydroxyl groups is 1. The summed E-state index contributed by atoms with van der Waals surface area (Å²) in [5, 5.41) is 22.3. The van der Waals surface area contributed by atoms with Crippen molar-refractivity contribution in [2.24, 2.45) is 5.92 Å². The van der Waals surface area contributed by atoms with Crippen LogP contribution in [0.4, 0.5) is 0 Å². The predicted octanol–water partition coefficient (Wildman–Crippen LogP) is 1.74. The lowest BCUT2D eigenvalue weighted by Crippen LogP contribution is -2.36. The van der Waals surface area contributed by atoms with Crippen LogP contribution >= 0.6 is 0 Å². The van der Waals surface area contributed by atoms with E-state index in [4.69, 9.17) is 10.2 Å². The van der Waals surface area contributed by atoms with Gasteiger partial charge < -0.3 is 20.8 Å². The molecule has 0 saturated heterocycles. The molecule has 0 saturated carbocycles. The Morgan fingerprint density at radius 2 is 1.78 bits per heavy atom. The van der Waals surface area contributed by atoms with E-state index in [0.29, 0.717) is 25.7 Å². The fourth-order valence-corrected chi connectivity index (χ4v) is 2.40. The van der Waals surface area contributed by atoms with Crippen molar-refractivity contribution in [2.75, 3.05) is 6.61 Å². The Bertz CT molecular complexity index is 549. The molecule has 1 aromatic rings.